The first-order chi connectivity index (χ1) is 15.4. The monoisotopic (exact) mass is 432 g/mol. The topological polar surface area (TPSA) is 67.9 Å². The molecule has 0 aromatic heterocycles. The van der Waals surface area contributed by atoms with Crippen molar-refractivity contribution in [1.82, 2.24) is 0 Å². The Balaban J connectivity index is 1.80. The van der Waals surface area contributed by atoms with Crippen LogP contribution in [0.3, 0.4) is 0 Å². The van der Waals surface area contributed by atoms with E-state index in [9.17, 15) is 14.0 Å². The maximum atomic E-state index is 13.5. The van der Waals surface area contributed by atoms with Gasteiger partial charge < -0.3 is 14.8 Å². The van der Waals surface area contributed by atoms with Gasteiger partial charge in [-0.15, -0.1) is 0 Å². The van der Waals surface area contributed by atoms with Crippen LogP contribution in [0.15, 0.2) is 72.4 Å². The number of nitrogens with one attached hydrogen (secondary N) is 1. The van der Waals surface area contributed by atoms with E-state index >= 15 is 0 Å². The summed E-state index contributed by atoms with van der Waals surface area (Å²) in [5.41, 5.74) is 2.75. The van der Waals surface area contributed by atoms with Crippen molar-refractivity contribution in [2.45, 2.75) is 6.92 Å². The highest BCUT2D eigenvalue weighted by Crippen LogP contribution is 2.37. The lowest BCUT2D eigenvalue weighted by Gasteiger charge is -2.17. The second kappa shape index (κ2) is 8.55. The number of nitrogens with zero attached hydrogens (tertiary/aromatic N) is 1. The van der Waals surface area contributed by atoms with Gasteiger partial charge >= 0.3 is 0 Å². The number of methoxy groups -OCH3 is 2. The summed E-state index contributed by atoms with van der Waals surface area (Å²) in [7, 11) is 2.98. The molecule has 0 saturated heterocycles. The van der Waals surface area contributed by atoms with Crippen molar-refractivity contribution in [3.05, 3.63) is 89.4 Å². The molecule has 1 heterocycles. The molecular weight excluding hydrogens is 411 g/mol. The van der Waals surface area contributed by atoms with Crippen LogP contribution in [-0.2, 0) is 9.59 Å². The lowest BCUT2D eigenvalue weighted by molar-refractivity contribution is -0.120. The minimum atomic E-state index is -0.526. The van der Waals surface area contributed by atoms with Crippen LogP contribution in [0.1, 0.15) is 11.1 Å². The molecule has 32 heavy (non-hydrogen) atoms. The molecule has 3 aromatic carbocycles. The van der Waals surface area contributed by atoms with Gasteiger partial charge in [-0.1, -0.05) is 29.8 Å². The molecule has 3 aromatic rings. The molecule has 6 nitrogen and oxygen atoms in total. The van der Waals surface area contributed by atoms with Gasteiger partial charge in [-0.05, 0) is 48.9 Å². The Morgan fingerprint density at radius 2 is 1.47 bits per heavy atom. The molecule has 0 bridgehead atoms. The van der Waals surface area contributed by atoms with E-state index < -0.39 is 17.6 Å². The molecule has 4 rings (SSSR count). The van der Waals surface area contributed by atoms with Crippen LogP contribution < -0.4 is 19.7 Å². The predicted octanol–water partition coefficient (Wildman–Crippen LogP) is 4.55. The number of rotatable bonds is 6. The van der Waals surface area contributed by atoms with Gasteiger partial charge in [0.25, 0.3) is 11.8 Å². The van der Waals surface area contributed by atoms with Crippen LogP contribution in [-0.4, -0.2) is 26.0 Å². The zero-order valence-electron chi connectivity index (χ0n) is 17.8. The number of hydrogen-bond acceptors (Lipinski definition) is 5. The summed E-state index contributed by atoms with van der Waals surface area (Å²) in [6.07, 6.45) is 0. The quantitative estimate of drug-likeness (QED) is 0.579. The Hall–Kier alpha value is -4.13. The Bertz CT molecular complexity index is 1220. The number of anilines is 2. The third kappa shape index (κ3) is 3.80. The minimum Gasteiger partial charge on any atom is -0.493 e. The van der Waals surface area contributed by atoms with Crippen molar-refractivity contribution in [3.63, 3.8) is 0 Å². The fraction of sp³-hybridized carbons (Fsp3) is 0.120. The van der Waals surface area contributed by atoms with Crippen LogP contribution in [0.5, 0.6) is 11.5 Å². The minimum absolute atomic E-state index is 0.111. The first kappa shape index (κ1) is 21.1. The number of imide groups is 1. The average molecular weight is 432 g/mol. The second-order valence-corrected chi connectivity index (χ2v) is 7.23. The van der Waals surface area contributed by atoms with Gasteiger partial charge in [0.1, 0.15) is 11.5 Å². The molecule has 1 N–H and O–H groups in total. The molecule has 0 atom stereocenters. The second-order valence-electron chi connectivity index (χ2n) is 7.23. The molecule has 1 aliphatic heterocycles. The van der Waals surface area contributed by atoms with Gasteiger partial charge in [0, 0.05) is 11.8 Å². The van der Waals surface area contributed by atoms with E-state index in [0.29, 0.717) is 28.4 Å². The third-order valence-corrected chi connectivity index (χ3v) is 5.16. The van der Waals surface area contributed by atoms with E-state index in [-0.39, 0.29) is 11.3 Å². The molecule has 7 heteroatoms. The standard InChI is InChI=1S/C25H21FN2O4/c1-15-4-10-18(11-5-15)27-23-22(16-6-8-17(26)9-7-16)24(29)28(25(23)30)19-12-13-20(31-2)21(14-19)32-3/h4-14,27H,1-3H3. The third-order valence-electron chi connectivity index (χ3n) is 5.16. The van der Waals surface area contributed by atoms with Gasteiger partial charge in [-0.2, -0.15) is 0 Å². The fourth-order valence-corrected chi connectivity index (χ4v) is 3.51. The van der Waals surface area contributed by atoms with Crippen molar-refractivity contribution < 1.29 is 23.5 Å². The Morgan fingerprint density at radius 1 is 0.812 bits per heavy atom. The van der Waals surface area contributed by atoms with Gasteiger partial charge in [-0.25, -0.2) is 9.29 Å². The van der Waals surface area contributed by atoms with Gasteiger partial charge in [-0.3, -0.25) is 9.59 Å². The number of carbonyl (C=O) groups excluding carboxylic acids is 2. The normalized spacial score (nSPS) is 13.6. The summed E-state index contributed by atoms with van der Waals surface area (Å²) in [5, 5.41) is 3.08. The summed E-state index contributed by atoms with van der Waals surface area (Å²) in [5.74, 6) is -0.629. The molecule has 162 valence electrons. The largest absolute Gasteiger partial charge is 0.493 e. The molecule has 0 saturated carbocycles. The molecule has 0 fully saturated rings. The van der Waals surface area contributed by atoms with E-state index in [1.54, 1.807) is 18.2 Å². The highest BCUT2D eigenvalue weighted by atomic mass is 19.1. The molecule has 0 spiro atoms. The number of halogens is 1. The van der Waals surface area contributed by atoms with Crippen LogP contribution in [0.4, 0.5) is 15.8 Å². The number of ether oxygens (including phenoxy) is 2. The van der Waals surface area contributed by atoms with Crippen molar-refractivity contribution in [2.24, 2.45) is 0 Å². The Kier molecular flexibility index (Phi) is 5.64. The van der Waals surface area contributed by atoms with E-state index in [2.05, 4.69) is 5.32 Å². The zero-order chi connectivity index (χ0) is 22.8. The lowest BCUT2D eigenvalue weighted by Crippen LogP contribution is -2.32. The average Bonchev–Trinajstić information content (AvgIpc) is 3.04. The maximum Gasteiger partial charge on any atom is 0.282 e. The molecule has 2 amide bonds. The smallest absolute Gasteiger partial charge is 0.282 e. The number of amides is 2. The van der Waals surface area contributed by atoms with Crippen LogP contribution >= 0.6 is 0 Å². The van der Waals surface area contributed by atoms with Crippen LogP contribution in [0, 0.1) is 12.7 Å². The molecule has 0 aliphatic carbocycles. The van der Waals surface area contributed by atoms with E-state index in [4.69, 9.17) is 9.47 Å². The number of hydrogen-bond donors (Lipinski definition) is 1. The first-order valence-corrected chi connectivity index (χ1v) is 9.87. The number of aryl methyl sites for hydroxylation is 1. The van der Waals surface area contributed by atoms with Gasteiger partial charge in [0.15, 0.2) is 11.5 Å². The summed E-state index contributed by atoms with van der Waals surface area (Å²) >= 11 is 0. The Morgan fingerprint density at radius 3 is 2.09 bits per heavy atom. The molecule has 0 radical (unpaired) electrons. The lowest BCUT2D eigenvalue weighted by atomic mass is 10.0. The summed E-state index contributed by atoms with van der Waals surface area (Å²) in [4.78, 5) is 27.9. The molecule has 0 unspecified atom stereocenters. The van der Waals surface area contributed by atoms with Gasteiger partial charge in [0.05, 0.1) is 25.5 Å². The molecular formula is C25H21FN2O4. The molecule has 1 aliphatic rings. The maximum absolute atomic E-state index is 13.5. The summed E-state index contributed by atoms with van der Waals surface area (Å²) in [6.45, 7) is 1.95. The highest BCUT2D eigenvalue weighted by Gasteiger charge is 2.40. The highest BCUT2D eigenvalue weighted by molar-refractivity contribution is 6.46. The van der Waals surface area contributed by atoms with E-state index in [1.165, 1.54) is 38.5 Å². The van der Waals surface area contributed by atoms with E-state index in [0.717, 1.165) is 10.5 Å². The Labute approximate surface area is 184 Å². The van der Waals surface area contributed by atoms with Crippen molar-refractivity contribution in [2.75, 3.05) is 24.4 Å². The van der Waals surface area contributed by atoms with Gasteiger partial charge in [0.2, 0.25) is 0 Å². The van der Waals surface area contributed by atoms with Crippen LogP contribution in [0.2, 0.25) is 0 Å². The van der Waals surface area contributed by atoms with E-state index in [1.807, 2.05) is 31.2 Å². The SMILES string of the molecule is COc1ccc(N2C(=O)C(Nc3ccc(C)cc3)=C(c3ccc(F)cc3)C2=O)cc1OC. The number of carbonyl (C=O) groups is 2. The fourth-order valence-electron chi connectivity index (χ4n) is 3.51. The van der Waals surface area contributed by atoms with Crippen molar-refractivity contribution in [1.29, 1.82) is 0 Å². The summed E-state index contributed by atoms with van der Waals surface area (Å²) in [6, 6.07) is 17.7. The van der Waals surface area contributed by atoms with Crippen LogP contribution in [0.25, 0.3) is 5.57 Å². The predicted molar refractivity (Wildman–Crippen MR) is 120 cm³/mol. The summed E-state index contributed by atoms with van der Waals surface area (Å²) < 4.78 is 24.1. The van der Waals surface area contributed by atoms with Crippen molar-refractivity contribution in [3.8, 4) is 11.5 Å². The number of benzene rings is 3. The van der Waals surface area contributed by atoms with Crippen molar-refractivity contribution >= 4 is 28.8 Å². The first-order valence-electron chi connectivity index (χ1n) is 9.87. The zero-order valence-corrected chi connectivity index (χ0v) is 17.8.